The Kier molecular flexibility index (Phi) is 5.60. The second-order valence-electron chi connectivity index (χ2n) is 7.34. The number of ether oxygens (including phenoxy) is 1. The zero-order valence-corrected chi connectivity index (χ0v) is 18.0. The fraction of sp³-hybridized carbons (Fsp3) is 0.444. The molecule has 0 radical (unpaired) electrons. The number of aromatic nitrogens is 3. The molecule has 150 valence electrons. The van der Waals surface area contributed by atoms with Crippen LogP contribution in [0.1, 0.15) is 36.8 Å². The molecule has 2 aromatic heterocycles. The summed E-state index contributed by atoms with van der Waals surface area (Å²) in [6.45, 7) is 4.85. The average Bonchev–Trinajstić information content (AvgIpc) is 2.95. The number of carbonyl (C=O) groups excluding carboxylic acids is 2. The fourth-order valence-electron chi connectivity index (χ4n) is 3.10. The molecule has 3 heterocycles. The number of imide groups is 1. The van der Waals surface area contributed by atoms with Crippen molar-refractivity contribution in [2.45, 2.75) is 39.3 Å². The summed E-state index contributed by atoms with van der Waals surface area (Å²) in [5.41, 5.74) is 7.11. The van der Waals surface area contributed by atoms with Gasteiger partial charge in [-0.2, -0.15) is 0 Å². The number of halogens is 2. The van der Waals surface area contributed by atoms with E-state index in [9.17, 15) is 14.0 Å². The van der Waals surface area contributed by atoms with Crippen molar-refractivity contribution in [1.82, 2.24) is 19.4 Å². The predicted octanol–water partition coefficient (Wildman–Crippen LogP) is 3.03. The molecule has 1 aliphatic rings. The van der Waals surface area contributed by atoms with Gasteiger partial charge in [0.25, 0.3) is 5.91 Å². The highest BCUT2D eigenvalue weighted by atomic mass is 127. The molecule has 0 atom stereocenters. The minimum absolute atomic E-state index is 0.0738. The summed E-state index contributed by atoms with van der Waals surface area (Å²) in [4.78, 5) is 34.6. The molecule has 0 saturated carbocycles. The van der Waals surface area contributed by atoms with Crippen molar-refractivity contribution in [3.05, 3.63) is 27.1 Å². The minimum atomic E-state index is -0.711. The molecule has 0 bridgehead atoms. The van der Waals surface area contributed by atoms with Gasteiger partial charge < -0.3 is 15.0 Å². The number of nitrogens with two attached hydrogens (primary N) is 1. The Balaban J connectivity index is 2.05. The Bertz CT molecular complexity index is 938. The summed E-state index contributed by atoms with van der Waals surface area (Å²) in [5, 5.41) is 0. The summed E-state index contributed by atoms with van der Waals surface area (Å²) >= 11 is 2.06. The van der Waals surface area contributed by atoms with Crippen LogP contribution in [0.3, 0.4) is 0 Å². The van der Waals surface area contributed by atoms with E-state index in [0.29, 0.717) is 29.1 Å². The summed E-state index contributed by atoms with van der Waals surface area (Å²) in [6, 6.07) is 1.63. The van der Waals surface area contributed by atoms with E-state index >= 15 is 0 Å². The maximum atomic E-state index is 13.2. The zero-order chi connectivity index (χ0) is 20.6. The molecule has 0 aromatic carbocycles. The Morgan fingerprint density at radius 1 is 1.43 bits per heavy atom. The van der Waals surface area contributed by atoms with Crippen molar-refractivity contribution in [3.8, 4) is 11.4 Å². The number of nitrogen functional groups attached to an aromatic ring is 1. The molecule has 2 amide bonds. The van der Waals surface area contributed by atoms with Crippen molar-refractivity contribution >= 4 is 40.5 Å². The van der Waals surface area contributed by atoms with Crippen LogP contribution in [0.15, 0.2) is 12.3 Å². The number of rotatable bonds is 3. The van der Waals surface area contributed by atoms with Crippen LogP contribution in [0.4, 0.5) is 15.1 Å². The van der Waals surface area contributed by atoms with Crippen LogP contribution in [-0.4, -0.2) is 50.3 Å². The van der Waals surface area contributed by atoms with Crippen LogP contribution in [-0.2, 0) is 17.7 Å². The second kappa shape index (κ2) is 7.64. The lowest BCUT2D eigenvalue weighted by Gasteiger charge is -2.29. The Labute approximate surface area is 175 Å². The number of amides is 2. The summed E-state index contributed by atoms with van der Waals surface area (Å²) < 4.78 is 21.0. The number of fused-ring (bicyclic) bond motifs is 1. The first-order valence-corrected chi connectivity index (χ1v) is 9.82. The third-order valence-electron chi connectivity index (χ3n) is 4.18. The van der Waals surface area contributed by atoms with Crippen molar-refractivity contribution in [1.29, 1.82) is 0 Å². The van der Waals surface area contributed by atoms with Gasteiger partial charge in [-0.05, 0) is 49.4 Å². The van der Waals surface area contributed by atoms with Crippen LogP contribution in [0.2, 0.25) is 0 Å². The summed E-state index contributed by atoms with van der Waals surface area (Å²) in [5.74, 6) is -0.380. The van der Waals surface area contributed by atoms with E-state index in [1.54, 1.807) is 37.6 Å². The maximum Gasteiger partial charge on any atom is 0.417 e. The number of nitrogens with zero attached hydrogens (tertiary/aromatic N) is 4. The Hall–Kier alpha value is -2.24. The number of carbonyl (C=O) groups is 2. The first-order chi connectivity index (χ1) is 13.1. The van der Waals surface area contributed by atoms with Gasteiger partial charge in [-0.1, -0.05) is 0 Å². The van der Waals surface area contributed by atoms with Crippen LogP contribution < -0.4 is 5.73 Å². The van der Waals surface area contributed by atoms with Gasteiger partial charge in [0.15, 0.2) is 0 Å². The molecule has 0 unspecified atom stereocenters. The van der Waals surface area contributed by atoms with E-state index in [1.165, 1.54) is 0 Å². The van der Waals surface area contributed by atoms with Crippen molar-refractivity contribution in [2.24, 2.45) is 0 Å². The van der Waals surface area contributed by atoms with E-state index in [2.05, 4.69) is 32.6 Å². The minimum Gasteiger partial charge on any atom is -0.443 e. The van der Waals surface area contributed by atoms with Crippen LogP contribution in [0, 0.1) is 3.57 Å². The van der Waals surface area contributed by atoms with Gasteiger partial charge in [0.2, 0.25) is 5.95 Å². The van der Waals surface area contributed by atoms with Crippen molar-refractivity contribution < 1.29 is 18.7 Å². The van der Waals surface area contributed by atoms with E-state index in [-0.39, 0.29) is 19.0 Å². The quantitative estimate of drug-likeness (QED) is 0.649. The van der Waals surface area contributed by atoms with Gasteiger partial charge in [-0.25, -0.2) is 24.1 Å². The lowest BCUT2D eigenvalue weighted by atomic mass is 10.1. The SMILES string of the molecule is CC(C)(C)OC(=O)N1CCc2c(cc(-c3nc(N)ncc3I)n2CCF)C1=O. The highest BCUT2D eigenvalue weighted by molar-refractivity contribution is 14.1. The molecule has 0 fully saturated rings. The number of anilines is 1. The third-order valence-corrected chi connectivity index (χ3v) is 4.97. The Morgan fingerprint density at radius 3 is 2.79 bits per heavy atom. The molecule has 2 N–H and O–H groups in total. The number of hydrogen-bond donors (Lipinski definition) is 1. The maximum absolute atomic E-state index is 13.2. The second-order valence-corrected chi connectivity index (χ2v) is 8.50. The lowest BCUT2D eigenvalue weighted by molar-refractivity contribution is 0.0232. The molecular formula is C18H21FIN5O3. The number of hydrogen-bond acceptors (Lipinski definition) is 6. The van der Waals surface area contributed by atoms with Crippen LogP contribution >= 0.6 is 22.6 Å². The summed E-state index contributed by atoms with van der Waals surface area (Å²) in [6.07, 6.45) is 1.28. The molecule has 0 spiro atoms. The average molecular weight is 501 g/mol. The summed E-state index contributed by atoms with van der Waals surface area (Å²) in [7, 11) is 0. The van der Waals surface area contributed by atoms with Gasteiger partial charge in [0.05, 0.1) is 21.4 Å². The van der Waals surface area contributed by atoms with Gasteiger partial charge in [0, 0.05) is 24.9 Å². The zero-order valence-electron chi connectivity index (χ0n) is 15.8. The normalized spacial score (nSPS) is 14.2. The molecule has 28 heavy (non-hydrogen) atoms. The van der Waals surface area contributed by atoms with E-state index in [1.807, 2.05) is 0 Å². The molecule has 0 aliphatic carbocycles. The first-order valence-electron chi connectivity index (χ1n) is 8.74. The van der Waals surface area contributed by atoms with E-state index in [0.717, 1.165) is 8.47 Å². The monoisotopic (exact) mass is 501 g/mol. The highest BCUT2D eigenvalue weighted by Crippen LogP contribution is 2.32. The molecule has 10 heteroatoms. The van der Waals surface area contributed by atoms with Gasteiger partial charge in [-0.3, -0.25) is 4.79 Å². The predicted molar refractivity (Wildman–Crippen MR) is 110 cm³/mol. The molecule has 2 aromatic rings. The highest BCUT2D eigenvalue weighted by Gasteiger charge is 2.35. The lowest BCUT2D eigenvalue weighted by Crippen LogP contribution is -2.44. The molecule has 3 rings (SSSR count). The molecule has 8 nitrogen and oxygen atoms in total. The van der Waals surface area contributed by atoms with Gasteiger partial charge in [0.1, 0.15) is 18.0 Å². The van der Waals surface area contributed by atoms with E-state index in [4.69, 9.17) is 10.5 Å². The first kappa shape index (κ1) is 20.5. The Morgan fingerprint density at radius 2 is 2.14 bits per heavy atom. The van der Waals surface area contributed by atoms with Gasteiger partial charge >= 0.3 is 6.09 Å². The third kappa shape index (κ3) is 3.96. The topological polar surface area (TPSA) is 103 Å². The molecule has 1 aliphatic heterocycles. The standard InChI is InChI=1S/C18H21FIN5O3/c1-18(2,3)28-17(27)25-6-4-12-10(15(25)26)8-13(24(12)7-5-19)14-11(20)9-22-16(21)23-14/h8-9H,4-7H2,1-3H3,(H2,21,22,23). The van der Waals surface area contributed by atoms with Crippen LogP contribution in [0.5, 0.6) is 0 Å². The smallest absolute Gasteiger partial charge is 0.417 e. The van der Waals surface area contributed by atoms with Crippen molar-refractivity contribution in [3.63, 3.8) is 0 Å². The molecule has 0 saturated heterocycles. The van der Waals surface area contributed by atoms with E-state index < -0.39 is 24.3 Å². The van der Waals surface area contributed by atoms with Crippen molar-refractivity contribution in [2.75, 3.05) is 19.0 Å². The van der Waals surface area contributed by atoms with Crippen LogP contribution in [0.25, 0.3) is 11.4 Å². The number of alkyl halides is 1. The van der Waals surface area contributed by atoms with Gasteiger partial charge in [-0.15, -0.1) is 0 Å². The fourth-order valence-corrected chi connectivity index (χ4v) is 3.63. The largest absolute Gasteiger partial charge is 0.443 e. The molecular weight excluding hydrogens is 480 g/mol.